The number of tetrazole rings is 1. The molecule has 2 aromatic carbocycles. The molecule has 1 aliphatic rings. The van der Waals surface area contributed by atoms with Gasteiger partial charge in [0.05, 0.1) is 10.6 Å². The van der Waals surface area contributed by atoms with Gasteiger partial charge in [0.25, 0.3) is 5.91 Å². The van der Waals surface area contributed by atoms with Crippen LogP contribution in [0.15, 0.2) is 48.5 Å². The molecule has 4 rings (SSSR count). The minimum Gasteiger partial charge on any atom is -0.341 e. The van der Waals surface area contributed by atoms with Crippen LogP contribution in [0.3, 0.4) is 0 Å². The van der Waals surface area contributed by atoms with E-state index in [0.717, 1.165) is 31.5 Å². The third-order valence-corrected chi connectivity index (χ3v) is 5.04. The van der Waals surface area contributed by atoms with Crippen LogP contribution in [0.4, 0.5) is 5.69 Å². The summed E-state index contributed by atoms with van der Waals surface area (Å²) in [5, 5.41) is 15.5. The quantitative estimate of drug-likeness (QED) is 0.698. The lowest BCUT2D eigenvalue weighted by molar-refractivity contribution is -0.131. The number of likely N-dealkylation sites (tertiary alicyclic amines) is 1. The van der Waals surface area contributed by atoms with E-state index in [2.05, 4.69) is 20.7 Å². The Labute approximate surface area is 172 Å². The first-order valence-electron chi connectivity index (χ1n) is 9.32. The van der Waals surface area contributed by atoms with E-state index in [-0.39, 0.29) is 18.4 Å². The van der Waals surface area contributed by atoms with Crippen molar-refractivity contribution in [3.63, 3.8) is 0 Å². The van der Waals surface area contributed by atoms with Gasteiger partial charge in [0, 0.05) is 24.3 Å². The molecule has 2 heterocycles. The number of nitrogens with zero attached hydrogens (tertiary/aromatic N) is 5. The van der Waals surface area contributed by atoms with Gasteiger partial charge in [0.15, 0.2) is 0 Å². The average Bonchev–Trinajstić information content (AvgIpc) is 3.41. The van der Waals surface area contributed by atoms with Crippen molar-refractivity contribution in [2.24, 2.45) is 0 Å². The van der Waals surface area contributed by atoms with Gasteiger partial charge in [0.1, 0.15) is 6.54 Å². The van der Waals surface area contributed by atoms with Crippen LogP contribution in [-0.4, -0.2) is 50.0 Å². The normalized spacial score (nSPS) is 13.5. The summed E-state index contributed by atoms with van der Waals surface area (Å²) in [6.45, 7) is 1.67. The van der Waals surface area contributed by atoms with Crippen molar-refractivity contribution >= 4 is 29.1 Å². The van der Waals surface area contributed by atoms with E-state index in [4.69, 9.17) is 11.6 Å². The smallest absolute Gasteiger partial charge is 0.257 e. The molecule has 1 fully saturated rings. The molecule has 1 saturated heterocycles. The molecule has 0 radical (unpaired) electrons. The Morgan fingerprint density at radius 2 is 1.76 bits per heavy atom. The van der Waals surface area contributed by atoms with Crippen LogP contribution >= 0.6 is 11.6 Å². The van der Waals surface area contributed by atoms with E-state index in [0.29, 0.717) is 22.1 Å². The lowest BCUT2D eigenvalue weighted by Gasteiger charge is -2.13. The minimum atomic E-state index is -0.284. The SMILES string of the molecule is O=C(Nc1ccc(-c2nnn(CC(=O)N3CCCC3)n2)cc1)c1ccccc1Cl. The Morgan fingerprint density at radius 3 is 2.48 bits per heavy atom. The molecule has 29 heavy (non-hydrogen) atoms. The summed E-state index contributed by atoms with van der Waals surface area (Å²) in [5.74, 6) is 0.139. The molecule has 1 aromatic heterocycles. The standard InChI is InChI=1S/C20H19ClN6O2/c21-17-6-2-1-5-16(17)20(29)22-15-9-7-14(8-10-15)19-23-25-27(24-19)13-18(28)26-11-3-4-12-26/h1-2,5-10H,3-4,11-13H2,(H,22,29). The van der Waals surface area contributed by atoms with Crippen molar-refractivity contribution < 1.29 is 9.59 Å². The molecule has 0 saturated carbocycles. The van der Waals surface area contributed by atoms with Crippen molar-refractivity contribution in [3.05, 3.63) is 59.1 Å². The highest BCUT2D eigenvalue weighted by Gasteiger charge is 2.19. The van der Waals surface area contributed by atoms with Gasteiger partial charge in [0.2, 0.25) is 11.7 Å². The molecular formula is C20H19ClN6O2. The number of anilines is 1. The second-order valence-corrected chi connectivity index (χ2v) is 7.15. The largest absolute Gasteiger partial charge is 0.341 e. The van der Waals surface area contributed by atoms with Crippen LogP contribution in [0.25, 0.3) is 11.4 Å². The number of hydrogen-bond donors (Lipinski definition) is 1. The zero-order valence-electron chi connectivity index (χ0n) is 15.6. The van der Waals surface area contributed by atoms with Crippen molar-refractivity contribution in [1.29, 1.82) is 0 Å². The molecule has 0 unspecified atom stereocenters. The van der Waals surface area contributed by atoms with Crippen LogP contribution < -0.4 is 5.32 Å². The fraction of sp³-hybridized carbons (Fsp3) is 0.250. The highest BCUT2D eigenvalue weighted by Crippen LogP contribution is 2.20. The van der Waals surface area contributed by atoms with Gasteiger partial charge in [-0.25, -0.2) is 0 Å². The summed E-state index contributed by atoms with van der Waals surface area (Å²) in [4.78, 5) is 27.7. The van der Waals surface area contributed by atoms with Gasteiger partial charge in [-0.1, -0.05) is 23.7 Å². The Kier molecular flexibility index (Phi) is 5.53. The molecule has 3 aromatic rings. The predicted octanol–water partition coefficient (Wildman–Crippen LogP) is 2.87. The van der Waals surface area contributed by atoms with E-state index in [9.17, 15) is 9.59 Å². The number of aromatic nitrogens is 4. The number of halogens is 1. The summed E-state index contributed by atoms with van der Waals surface area (Å²) >= 11 is 6.06. The first-order chi connectivity index (χ1) is 14.1. The molecule has 2 amide bonds. The summed E-state index contributed by atoms with van der Waals surface area (Å²) in [6.07, 6.45) is 2.09. The van der Waals surface area contributed by atoms with E-state index in [1.54, 1.807) is 48.5 Å². The number of benzene rings is 2. The molecule has 0 atom stereocenters. The number of carbonyl (C=O) groups is 2. The Morgan fingerprint density at radius 1 is 1.03 bits per heavy atom. The lowest BCUT2D eigenvalue weighted by atomic mass is 10.1. The molecular weight excluding hydrogens is 392 g/mol. The third kappa shape index (κ3) is 4.43. The molecule has 1 N–H and O–H groups in total. The molecule has 8 nitrogen and oxygen atoms in total. The van der Waals surface area contributed by atoms with Gasteiger partial charge < -0.3 is 10.2 Å². The number of amides is 2. The van der Waals surface area contributed by atoms with Gasteiger partial charge >= 0.3 is 0 Å². The van der Waals surface area contributed by atoms with Gasteiger partial charge in [-0.3, -0.25) is 9.59 Å². The molecule has 1 aliphatic heterocycles. The highest BCUT2D eigenvalue weighted by molar-refractivity contribution is 6.34. The molecule has 148 valence electrons. The number of nitrogens with one attached hydrogen (secondary N) is 1. The second kappa shape index (κ2) is 8.40. The van der Waals surface area contributed by atoms with Crippen LogP contribution in [0.1, 0.15) is 23.2 Å². The highest BCUT2D eigenvalue weighted by atomic mass is 35.5. The second-order valence-electron chi connectivity index (χ2n) is 6.74. The maximum absolute atomic E-state index is 12.3. The minimum absolute atomic E-state index is 0.00378. The van der Waals surface area contributed by atoms with Gasteiger partial charge in [-0.15, -0.1) is 10.2 Å². The van der Waals surface area contributed by atoms with E-state index in [1.807, 2.05) is 4.90 Å². The Balaban J connectivity index is 1.40. The third-order valence-electron chi connectivity index (χ3n) is 4.71. The van der Waals surface area contributed by atoms with Crippen molar-refractivity contribution in [1.82, 2.24) is 25.1 Å². The molecule has 0 spiro atoms. The fourth-order valence-electron chi connectivity index (χ4n) is 3.16. The van der Waals surface area contributed by atoms with Crippen LogP contribution in [-0.2, 0) is 11.3 Å². The lowest BCUT2D eigenvalue weighted by Crippen LogP contribution is -2.31. The first-order valence-corrected chi connectivity index (χ1v) is 9.70. The van der Waals surface area contributed by atoms with Crippen LogP contribution in [0, 0.1) is 0 Å². The molecule has 0 bridgehead atoms. The van der Waals surface area contributed by atoms with Crippen molar-refractivity contribution in [2.45, 2.75) is 19.4 Å². The zero-order chi connectivity index (χ0) is 20.2. The van der Waals surface area contributed by atoms with Crippen LogP contribution in [0.2, 0.25) is 5.02 Å². The number of hydrogen-bond acceptors (Lipinski definition) is 5. The maximum Gasteiger partial charge on any atom is 0.257 e. The topological polar surface area (TPSA) is 93.0 Å². The van der Waals surface area contributed by atoms with E-state index >= 15 is 0 Å². The van der Waals surface area contributed by atoms with Crippen LogP contribution in [0.5, 0.6) is 0 Å². The van der Waals surface area contributed by atoms with Gasteiger partial charge in [-0.05, 0) is 54.5 Å². The number of rotatable bonds is 5. The summed E-state index contributed by atoms with van der Waals surface area (Å²) in [7, 11) is 0. The first kappa shape index (κ1) is 19.1. The zero-order valence-corrected chi connectivity index (χ0v) is 16.3. The summed E-state index contributed by atoms with van der Waals surface area (Å²) in [5.41, 5.74) is 1.77. The Hall–Kier alpha value is -3.26. The summed E-state index contributed by atoms with van der Waals surface area (Å²) in [6, 6.07) is 13.9. The molecule has 9 heteroatoms. The average molecular weight is 411 g/mol. The fourth-order valence-corrected chi connectivity index (χ4v) is 3.38. The summed E-state index contributed by atoms with van der Waals surface area (Å²) < 4.78 is 0. The van der Waals surface area contributed by atoms with Crippen molar-refractivity contribution in [3.8, 4) is 11.4 Å². The number of carbonyl (C=O) groups excluding carboxylic acids is 2. The maximum atomic E-state index is 12.3. The Bertz CT molecular complexity index is 1030. The van der Waals surface area contributed by atoms with E-state index < -0.39 is 0 Å². The predicted molar refractivity (Wildman–Crippen MR) is 108 cm³/mol. The molecule has 0 aliphatic carbocycles. The monoisotopic (exact) mass is 410 g/mol. The van der Waals surface area contributed by atoms with Crippen molar-refractivity contribution in [2.75, 3.05) is 18.4 Å². The van der Waals surface area contributed by atoms with Gasteiger partial charge in [-0.2, -0.15) is 4.80 Å². The van der Waals surface area contributed by atoms with E-state index in [1.165, 1.54) is 4.80 Å².